The fraction of sp³-hybridized carbons (Fsp3) is 0.467. The second-order valence-electron chi connectivity index (χ2n) is 5.52. The van der Waals surface area contributed by atoms with Gasteiger partial charge in [0.05, 0.1) is 5.56 Å². The molecular weight excluding hydrogens is 256 g/mol. The maximum absolute atomic E-state index is 10.9. The molecule has 1 heterocycles. The van der Waals surface area contributed by atoms with E-state index in [1.807, 2.05) is 0 Å². The molecule has 0 spiro atoms. The van der Waals surface area contributed by atoms with Crippen LogP contribution in [0.3, 0.4) is 0 Å². The number of aromatic nitrogens is 1. The highest BCUT2D eigenvalue weighted by Crippen LogP contribution is 2.28. The Kier molecular flexibility index (Phi) is 3.34. The summed E-state index contributed by atoms with van der Waals surface area (Å²) in [5.74, 6) is -0.355. The van der Waals surface area contributed by atoms with Crippen LogP contribution in [0.2, 0.25) is 0 Å². The molecule has 1 fully saturated rings. The van der Waals surface area contributed by atoms with E-state index in [9.17, 15) is 4.79 Å². The second kappa shape index (κ2) is 5.15. The van der Waals surface area contributed by atoms with Crippen LogP contribution in [0.5, 0.6) is 0 Å². The Bertz CT molecular complexity index is 635. The smallest absolute Gasteiger partial charge is 0.335 e. The van der Waals surface area contributed by atoms with Crippen LogP contribution in [0.25, 0.3) is 11.1 Å². The molecule has 1 aromatic carbocycles. The summed E-state index contributed by atoms with van der Waals surface area (Å²) in [6.07, 6.45) is 4.86. The summed E-state index contributed by atoms with van der Waals surface area (Å²) < 4.78 is 5.62. The fourth-order valence-corrected chi connectivity index (χ4v) is 2.81. The number of benzene rings is 1. The van der Waals surface area contributed by atoms with Crippen molar-refractivity contribution in [2.75, 3.05) is 5.32 Å². The molecule has 0 amide bonds. The zero-order chi connectivity index (χ0) is 14.1. The summed E-state index contributed by atoms with van der Waals surface area (Å²) in [7, 11) is 0. The average molecular weight is 274 g/mol. The lowest BCUT2D eigenvalue weighted by Crippen LogP contribution is -2.30. The van der Waals surface area contributed by atoms with Crippen LogP contribution in [-0.4, -0.2) is 22.1 Å². The molecule has 0 aliphatic heterocycles. The van der Waals surface area contributed by atoms with Crippen LogP contribution < -0.4 is 5.32 Å². The van der Waals surface area contributed by atoms with Gasteiger partial charge in [-0.15, -0.1) is 0 Å². The molecule has 0 bridgehead atoms. The lowest BCUT2D eigenvalue weighted by molar-refractivity contribution is 0.0697. The number of fused-ring (bicyclic) bond motifs is 1. The Morgan fingerprint density at radius 1 is 1.40 bits per heavy atom. The van der Waals surface area contributed by atoms with Crippen molar-refractivity contribution in [2.24, 2.45) is 5.92 Å². The maximum atomic E-state index is 10.9. The number of hydrogen-bond donors (Lipinski definition) is 2. The lowest BCUT2D eigenvalue weighted by atomic mass is 9.86. The van der Waals surface area contributed by atoms with Gasteiger partial charge in [-0.3, -0.25) is 0 Å². The van der Waals surface area contributed by atoms with Crippen LogP contribution >= 0.6 is 0 Å². The van der Waals surface area contributed by atoms with E-state index < -0.39 is 5.97 Å². The van der Waals surface area contributed by atoms with E-state index in [4.69, 9.17) is 9.52 Å². The van der Waals surface area contributed by atoms with Gasteiger partial charge in [-0.05, 0) is 37.0 Å². The van der Waals surface area contributed by atoms with E-state index in [1.54, 1.807) is 12.1 Å². The predicted octanol–water partition coefficient (Wildman–Crippen LogP) is 3.52. The number of hydrogen-bond acceptors (Lipinski definition) is 4. The minimum absolute atomic E-state index is 0.214. The number of carbonyl (C=O) groups is 1. The molecule has 0 saturated heterocycles. The number of nitrogens with zero attached hydrogens (tertiary/aromatic N) is 1. The standard InChI is InChI=1S/C15H18N2O3/c1-9-4-2-3-5-11(9)16-15-17-12-7-6-10(14(18)19)8-13(12)20-15/h6-9,11H,2-5H2,1H3,(H,16,17)(H,18,19). The lowest BCUT2D eigenvalue weighted by Gasteiger charge is -2.28. The summed E-state index contributed by atoms with van der Waals surface area (Å²) in [5.41, 5.74) is 1.41. The molecule has 106 valence electrons. The third-order valence-corrected chi connectivity index (χ3v) is 4.06. The SMILES string of the molecule is CC1CCCCC1Nc1nc2ccc(C(=O)O)cc2o1. The molecule has 1 aliphatic rings. The van der Waals surface area contributed by atoms with Gasteiger partial charge in [-0.2, -0.15) is 4.98 Å². The van der Waals surface area contributed by atoms with Crippen molar-refractivity contribution in [2.45, 2.75) is 38.6 Å². The number of nitrogens with one attached hydrogen (secondary N) is 1. The van der Waals surface area contributed by atoms with Gasteiger partial charge < -0.3 is 14.8 Å². The zero-order valence-electron chi connectivity index (χ0n) is 11.4. The van der Waals surface area contributed by atoms with Gasteiger partial charge in [-0.25, -0.2) is 4.79 Å². The van der Waals surface area contributed by atoms with Crippen molar-refractivity contribution in [3.63, 3.8) is 0 Å². The molecule has 0 radical (unpaired) electrons. The summed E-state index contributed by atoms with van der Waals surface area (Å²) in [5, 5.41) is 12.3. The summed E-state index contributed by atoms with van der Waals surface area (Å²) >= 11 is 0. The Labute approximate surface area is 117 Å². The van der Waals surface area contributed by atoms with Gasteiger partial charge in [0.15, 0.2) is 5.58 Å². The molecule has 2 aromatic rings. The first-order valence-corrected chi connectivity index (χ1v) is 7.04. The normalized spacial score (nSPS) is 22.9. The van der Waals surface area contributed by atoms with E-state index in [2.05, 4.69) is 17.2 Å². The maximum Gasteiger partial charge on any atom is 0.335 e. The third-order valence-electron chi connectivity index (χ3n) is 4.06. The molecule has 20 heavy (non-hydrogen) atoms. The molecule has 5 nitrogen and oxygen atoms in total. The first-order valence-electron chi connectivity index (χ1n) is 7.04. The van der Waals surface area contributed by atoms with Crippen LogP contribution in [0.15, 0.2) is 22.6 Å². The van der Waals surface area contributed by atoms with E-state index in [0.29, 0.717) is 29.1 Å². The monoisotopic (exact) mass is 274 g/mol. The number of aromatic carboxylic acids is 1. The van der Waals surface area contributed by atoms with Crippen LogP contribution in [-0.2, 0) is 0 Å². The number of anilines is 1. The van der Waals surface area contributed by atoms with Crippen molar-refractivity contribution >= 4 is 23.1 Å². The van der Waals surface area contributed by atoms with E-state index in [0.717, 1.165) is 6.42 Å². The molecule has 3 rings (SSSR count). The molecule has 2 N–H and O–H groups in total. The summed E-state index contributed by atoms with van der Waals surface area (Å²) in [6.45, 7) is 2.24. The molecule has 1 aliphatic carbocycles. The van der Waals surface area contributed by atoms with Crippen molar-refractivity contribution in [3.05, 3.63) is 23.8 Å². The van der Waals surface area contributed by atoms with Gasteiger partial charge in [0.1, 0.15) is 5.52 Å². The topological polar surface area (TPSA) is 75.4 Å². The molecule has 5 heteroatoms. The highest BCUT2D eigenvalue weighted by Gasteiger charge is 2.22. The number of carboxylic acids is 1. The van der Waals surface area contributed by atoms with Crippen molar-refractivity contribution < 1.29 is 14.3 Å². The first kappa shape index (κ1) is 13.0. The Morgan fingerprint density at radius 3 is 2.95 bits per heavy atom. The Hall–Kier alpha value is -2.04. The largest absolute Gasteiger partial charge is 0.478 e. The van der Waals surface area contributed by atoms with E-state index in [-0.39, 0.29) is 5.56 Å². The first-order chi connectivity index (χ1) is 9.63. The fourth-order valence-electron chi connectivity index (χ4n) is 2.81. The minimum Gasteiger partial charge on any atom is -0.478 e. The highest BCUT2D eigenvalue weighted by atomic mass is 16.4. The van der Waals surface area contributed by atoms with Gasteiger partial charge in [-0.1, -0.05) is 19.8 Å². The Balaban J connectivity index is 1.83. The minimum atomic E-state index is -0.960. The molecular formula is C15H18N2O3. The Morgan fingerprint density at radius 2 is 2.20 bits per heavy atom. The average Bonchev–Trinajstić information content (AvgIpc) is 2.82. The number of carboxylic acid groups (broad SMARTS) is 1. The molecule has 2 unspecified atom stereocenters. The third kappa shape index (κ3) is 2.48. The van der Waals surface area contributed by atoms with E-state index >= 15 is 0 Å². The predicted molar refractivity (Wildman–Crippen MR) is 76.0 cm³/mol. The van der Waals surface area contributed by atoms with Gasteiger partial charge in [0.25, 0.3) is 6.01 Å². The van der Waals surface area contributed by atoms with Crippen LogP contribution in [0.4, 0.5) is 6.01 Å². The molecule has 1 aromatic heterocycles. The van der Waals surface area contributed by atoms with Gasteiger partial charge in [0, 0.05) is 6.04 Å². The van der Waals surface area contributed by atoms with Crippen molar-refractivity contribution in [3.8, 4) is 0 Å². The second-order valence-corrected chi connectivity index (χ2v) is 5.52. The number of rotatable bonds is 3. The van der Waals surface area contributed by atoms with Crippen molar-refractivity contribution in [1.29, 1.82) is 0 Å². The highest BCUT2D eigenvalue weighted by molar-refractivity contribution is 5.92. The molecule has 2 atom stereocenters. The van der Waals surface area contributed by atoms with Crippen molar-refractivity contribution in [1.82, 2.24) is 4.98 Å². The zero-order valence-corrected chi connectivity index (χ0v) is 11.4. The van der Waals surface area contributed by atoms with E-state index in [1.165, 1.54) is 25.3 Å². The molecule has 1 saturated carbocycles. The quantitative estimate of drug-likeness (QED) is 0.895. The van der Waals surface area contributed by atoms with Gasteiger partial charge in [0.2, 0.25) is 0 Å². The number of oxazole rings is 1. The summed E-state index contributed by atoms with van der Waals surface area (Å²) in [6, 6.07) is 5.61. The van der Waals surface area contributed by atoms with Gasteiger partial charge >= 0.3 is 5.97 Å². The van der Waals surface area contributed by atoms with Crippen LogP contribution in [0.1, 0.15) is 43.0 Å². The summed E-state index contributed by atoms with van der Waals surface area (Å²) in [4.78, 5) is 15.3. The van der Waals surface area contributed by atoms with Crippen LogP contribution in [0, 0.1) is 5.92 Å².